The number of ether oxygens (including phenoxy) is 1. The Balaban J connectivity index is 2.05. The molecule has 1 atom stereocenters. The molecule has 1 aromatic heterocycles. The first-order valence-electron chi connectivity index (χ1n) is 5.51. The normalized spacial score (nSPS) is 24.0. The van der Waals surface area contributed by atoms with Gasteiger partial charge in [-0.3, -0.25) is 4.79 Å². The van der Waals surface area contributed by atoms with Crippen molar-refractivity contribution in [1.29, 1.82) is 0 Å². The van der Waals surface area contributed by atoms with Crippen LogP contribution >= 0.6 is 0 Å². The quantitative estimate of drug-likeness (QED) is 0.789. The van der Waals surface area contributed by atoms with Gasteiger partial charge in [-0.15, -0.1) is 0 Å². The zero-order valence-corrected chi connectivity index (χ0v) is 9.62. The van der Waals surface area contributed by atoms with Crippen LogP contribution in [0, 0.1) is 0 Å². The van der Waals surface area contributed by atoms with E-state index < -0.39 is 0 Å². The van der Waals surface area contributed by atoms with E-state index in [0.717, 1.165) is 19.4 Å². The predicted octanol–water partition coefficient (Wildman–Crippen LogP) is 1.14. The van der Waals surface area contributed by atoms with Gasteiger partial charge in [-0.1, -0.05) is 0 Å². The summed E-state index contributed by atoms with van der Waals surface area (Å²) in [6, 6.07) is 0.250. The third-order valence-electron chi connectivity index (χ3n) is 2.75. The average molecular weight is 223 g/mol. The summed E-state index contributed by atoms with van der Waals surface area (Å²) in [5, 5.41) is 3.17. The first kappa shape index (κ1) is 11.1. The fourth-order valence-corrected chi connectivity index (χ4v) is 2.00. The van der Waals surface area contributed by atoms with E-state index in [9.17, 15) is 4.79 Å². The Morgan fingerprint density at radius 3 is 3.12 bits per heavy atom. The lowest BCUT2D eigenvalue weighted by Crippen LogP contribution is -2.41. The lowest BCUT2D eigenvalue weighted by molar-refractivity contribution is -0.0553. The van der Waals surface area contributed by atoms with Crippen LogP contribution in [0.25, 0.3) is 0 Å². The van der Waals surface area contributed by atoms with Crippen LogP contribution in [0.3, 0.4) is 0 Å². The maximum Gasteiger partial charge on any atom is 0.290 e. The molecule has 0 saturated carbocycles. The largest absolute Gasteiger partial charge is 0.375 e. The van der Waals surface area contributed by atoms with Gasteiger partial charge in [0.1, 0.15) is 0 Å². The fraction of sp³-hybridized carbons (Fsp3) is 0.636. The summed E-state index contributed by atoms with van der Waals surface area (Å²) >= 11 is 0. The van der Waals surface area contributed by atoms with Gasteiger partial charge in [0.2, 0.25) is 0 Å². The van der Waals surface area contributed by atoms with Crippen LogP contribution in [0.1, 0.15) is 26.7 Å². The zero-order chi connectivity index (χ0) is 11.6. The van der Waals surface area contributed by atoms with E-state index in [0.29, 0.717) is 5.82 Å². The van der Waals surface area contributed by atoms with Gasteiger partial charge in [-0.05, 0) is 26.7 Å². The van der Waals surface area contributed by atoms with Crippen molar-refractivity contribution in [2.45, 2.75) is 38.3 Å². The van der Waals surface area contributed by atoms with Crippen LogP contribution in [0.2, 0.25) is 0 Å². The molecule has 1 fully saturated rings. The highest BCUT2D eigenvalue weighted by molar-refractivity contribution is 5.31. The molecule has 5 heteroatoms. The number of rotatable bonds is 2. The molecular formula is C11H17N3O2. The Morgan fingerprint density at radius 1 is 1.62 bits per heavy atom. The molecule has 88 valence electrons. The van der Waals surface area contributed by atoms with Crippen LogP contribution in [-0.4, -0.2) is 28.2 Å². The SMILES string of the molecule is CC1(C)CC(Nc2ncc[nH]c2=O)CCO1. The van der Waals surface area contributed by atoms with Crippen LogP contribution in [0.15, 0.2) is 17.2 Å². The van der Waals surface area contributed by atoms with Gasteiger partial charge in [0, 0.05) is 25.0 Å². The number of aromatic amines is 1. The molecular weight excluding hydrogens is 206 g/mol. The summed E-state index contributed by atoms with van der Waals surface area (Å²) < 4.78 is 5.62. The Morgan fingerprint density at radius 2 is 2.44 bits per heavy atom. The molecule has 0 spiro atoms. The summed E-state index contributed by atoms with van der Waals surface area (Å²) in [6.07, 6.45) is 4.89. The zero-order valence-electron chi connectivity index (χ0n) is 9.62. The predicted molar refractivity (Wildman–Crippen MR) is 61.5 cm³/mol. The Kier molecular flexibility index (Phi) is 2.96. The van der Waals surface area contributed by atoms with Gasteiger partial charge in [0.25, 0.3) is 5.56 Å². The van der Waals surface area contributed by atoms with Gasteiger partial charge in [-0.2, -0.15) is 0 Å². The van der Waals surface area contributed by atoms with Crippen LogP contribution < -0.4 is 10.9 Å². The minimum Gasteiger partial charge on any atom is -0.375 e. The minimum absolute atomic E-state index is 0.128. The number of H-pyrrole nitrogens is 1. The van der Waals surface area contributed by atoms with Crippen molar-refractivity contribution in [3.05, 3.63) is 22.7 Å². The molecule has 2 N–H and O–H groups in total. The second-order valence-corrected chi connectivity index (χ2v) is 4.71. The first-order valence-corrected chi connectivity index (χ1v) is 5.51. The maximum absolute atomic E-state index is 11.4. The molecule has 2 rings (SSSR count). The van der Waals surface area contributed by atoms with Crippen molar-refractivity contribution < 1.29 is 4.74 Å². The van der Waals surface area contributed by atoms with Gasteiger partial charge in [-0.25, -0.2) is 4.98 Å². The number of aromatic nitrogens is 2. The lowest BCUT2D eigenvalue weighted by atomic mass is 9.94. The topological polar surface area (TPSA) is 67.0 Å². The van der Waals surface area contributed by atoms with E-state index in [2.05, 4.69) is 29.1 Å². The lowest BCUT2D eigenvalue weighted by Gasteiger charge is -2.35. The smallest absolute Gasteiger partial charge is 0.290 e. The van der Waals surface area contributed by atoms with Crippen LogP contribution in [0.4, 0.5) is 5.82 Å². The number of hydrogen-bond donors (Lipinski definition) is 2. The first-order chi connectivity index (χ1) is 7.57. The summed E-state index contributed by atoms with van der Waals surface area (Å²) in [6.45, 7) is 4.84. The molecule has 0 bridgehead atoms. The van der Waals surface area contributed by atoms with Crippen molar-refractivity contribution in [3.8, 4) is 0 Å². The molecule has 1 aliphatic heterocycles. The highest BCUT2D eigenvalue weighted by atomic mass is 16.5. The third kappa shape index (κ3) is 2.61. The Hall–Kier alpha value is -1.36. The van der Waals surface area contributed by atoms with Crippen molar-refractivity contribution in [2.75, 3.05) is 11.9 Å². The van der Waals surface area contributed by atoms with Gasteiger partial charge < -0.3 is 15.0 Å². The molecule has 0 radical (unpaired) electrons. The standard InChI is InChI=1S/C11H17N3O2/c1-11(2)7-8(3-6-16-11)14-9-10(15)13-5-4-12-9/h4-5,8H,3,6-7H2,1-2H3,(H,12,14)(H,13,15). The molecule has 1 unspecified atom stereocenters. The second kappa shape index (κ2) is 4.25. The van der Waals surface area contributed by atoms with E-state index in [-0.39, 0.29) is 17.2 Å². The van der Waals surface area contributed by atoms with Gasteiger partial charge >= 0.3 is 0 Å². The maximum atomic E-state index is 11.4. The van der Waals surface area contributed by atoms with E-state index in [1.165, 1.54) is 6.20 Å². The van der Waals surface area contributed by atoms with Gasteiger partial charge in [0.15, 0.2) is 5.82 Å². The molecule has 1 saturated heterocycles. The van der Waals surface area contributed by atoms with Crippen molar-refractivity contribution in [2.24, 2.45) is 0 Å². The molecule has 16 heavy (non-hydrogen) atoms. The van der Waals surface area contributed by atoms with E-state index in [4.69, 9.17) is 4.74 Å². The molecule has 0 aromatic carbocycles. The molecule has 1 aromatic rings. The van der Waals surface area contributed by atoms with Gasteiger partial charge in [0.05, 0.1) is 5.60 Å². The minimum atomic E-state index is -0.174. The number of nitrogens with one attached hydrogen (secondary N) is 2. The van der Waals surface area contributed by atoms with E-state index in [1.54, 1.807) is 6.20 Å². The summed E-state index contributed by atoms with van der Waals surface area (Å²) in [5.74, 6) is 0.394. The summed E-state index contributed by atoms with van der Waals surface area (Å²) in [7, 11) is 0. The Labute approximate surface area is 94.2 Å². The fourth-order valence-electron chi connectivity index (χ4n) is 2.00. The van der Waals surface area contributed by atoms with Crippen molar-refractivity contribution in [3.63, 3.8) is 0 Å². The highest BCUT2D eigenvalue weighted by Gasteiger charge is 2.29. The monoisotopic (exact) mass is 223 g/mol. The molecule has 0 aliphatic carbocycles. The molecule has 1 aliphatic rings. The summed E-state index contributed by atoms with van der Waals surface area (Å²) in [4.78, 5) is 18.1. The molecule has 5 nitrogen and oxygen atoms in total. The third-order valence-corrected chi connectivity index (χ3v) is 2.75. The molecule has 2 heterocycles. The van der Waals surface area contributed by atoms with Crippen molar-refractivity contribution in [1.82, 2.24) is 9.97 Å². The number of nitrogens with zero attached hydrogens (tertiary/aromatic N) is 1. The highest BCUT2D eigenvalue weighted by Crippen LogP contribution is 2.25. The molecule has 0 amide bonds. The van der Waals surface area contributed by atoms with Crippen LogP contribution in [-0.2, 0) is 4.74 Å². The van der Waals surface area contributed by atoms with E-state index in [1.807, 2.05) is 0 Å². The average Bonchev–Trinajstić information content (AvgIpc) is 2.20. The van der Waals surface area contributed by atoms with E-state index >= 15 is 0 Å². The Bertz CT molecular complexity index is 414. The van der Waals surface area contributed by atoms with Crippen molar-refractivity contribution >= 4 is 5.82 Å². The van der Waals surface area contributed by atoms with Crippen LogP contribution in [0.5, 0.6) is 0 Å². The second-order valence-electron chi connectivity index (χ2n) is 4.71. The number of anilines is 1. The summed E-state index contributed by atoms with van der Waals surface area (Å²) in [5.41, 5.74) is -0.302. The number of hydrogen-bond acceptors (Lipinski definition) is 4.